The van der Waals surface area contributed by atoms with Crippen LogP contribution in [0.5, 0.6) is 5.75 Å². The summed E-state index contributed by atoms with van der Waals surface area (Å²) in [4.78, 5) is 17.0. The molecule has 0 unspecified atom stereocenters. The van der Waals surface area contributed by atoms with Crippen molar-refractivity contribution in [1.82, 2.24) is 20.4 Å². The number of likely N-dealkylation sites (tertiary alicyclic amines) is 1. The van der Waals surface area contributed by atoms with Crippen LogP contribution in [-0.4, -0.2) is 82.3 Å². The Labute approximate surface area is 221 Å². The fourth-order valence-electron chi connectivity index (χ4n) is 4.63. The fraction of sp³-hybridized carbons (Fsp3) is 0.517. The van der Waals surface area contributed by atoms with Gasteiger partial charge in [0.2, 0.25) is 5.91 Å². The smallest absolute Gasteiger partial charge is 0.226 e. The summed E-state index contributed by atoms with van der Waals surface area (Å²) in [5, 5.41) is 12.7. The highest BCUT2D eigenvalue weighted by atomic mass is 16.5. The predicted molar refractivity (Wildman–Crippen MR) is 149 cm³/mol. The Balaban J connectivity index is 1.66. The van der Waals surface area contributed by atoms with Gasteiger partial charge in [-0.25, -0.2) is 0 Å². The second-order valence-corrected chi connectivity index (χ2v) is 9.87. The van der Waals surface area contributed by atoms with Crippen molar-refractivity contribution in [2.75, 3.05) is 54.6 Å². The maximum atomic E-state index is 12.1. The standard InChI is InChI=1S/C29H43N5O3/c1-31-29(30)32-28(35)13-9-22-8-12-26(27(20-22)37-19-5-18-36-4)24-10-6-23(7-11-24)21-34-16-14-25(15-17-34)33(2)3/h6-8,10-12,20,25H,5,9,13-19,21H2,1-4H3,(H3,30,31,32,35). The first-order valence-electron chi connectivity index (χ1n) is 13.2. The lowest BCUT2D eigenvalue weighted by molar-refractivity contribution is -0.119. The van der Waals surface area contributed by atoms with E-state index in [2.05, 4.69) is 70.9 Å². The molecule has 1 aliphatic rings. The Morgan fingerprint density at radius 2 is 1.78 bits per heavy atom. The first kappa shape index (κ1) is 28.6. The minimum absolute atomic E-state index is 0.00371. The van der Waals surface area contributed by atoms with Gasteiger partial charge in [0.05, 0.1) is 6.61 Å². The molecule has 2 aromatic rings. The molecule has 1 heterocycles. The number of rotatable bonds is 12. The Kier molecular flexibility index (Phi) is 11.4. The van der Waals surface area contributed by atoms with Crippen molar-refractivity contribution in [2.45, 2.75) is 44.7 Å². The molecule has 0 spiro atoms. The molecule has 202 valence electrons. The first-order valence-corrected chi connectivity index (χ1v) is 13.2. The third-order valence-corrected chi connectivity index (χ3v) is 6.91. The number of methoxy groups -OCH3 is 1. The van der Waals surface area contributed by atoms with Crippen LogP contribution in [0.25, 0.3) is 11.1 Å². The van der Waals surface area contributed by atoms with E-state index < -0.39 is 0 Å². The van der Waals surface area contributed by atoms with Gasteiger partial charge < -0.3 is 19.7 Å². The highest BCUT2D eigenvalue weighted by Crippen LogP contribution is 2.32. The number of hydrogen-bond donors (Lipinski definition) is 3. The third-order valence-electron chi connectivity index (χ3n) is 6.91. The van der Waals surface area contributed by atoms with Crippen LogP contribution in [0.15, 0.2) is 42.5 Å². The van der Waals surface area contributed by atoms with Crippen LogP contribution < -0.4 is 15.4 Å². The molecule has 3 N–H and O–H groups in total. The highest BCUT2D eigenvalue weighted by molar-refractivity contribution is 5.95. The van der Waals surface area contributed by atoms with E-state index in [9.17, 15) is 4.79 Å². The number of amides is 1. The van der Waals surface area contributed by atoms with Gasteiger partial charge in [-0.2, -0.15) is 0 Å². The molecule has 2 aromatic carbocycles. The van der Waals surface area contributed by atoms with E-state index in [-0.39, 0.29) is 11.9 Å². The van der Waals surface area contributed by atoms with Gasteiger partial charge in [0.1, 0.15) is 5.75 Å². The van der Waals surface area contributed by atoms with Crippen molar-refractivity contribution in [3.8, 4) is 16.9 Å². The molecular formula is C29H43N5O3. The van der Waals surface area contributed by atoms with Crippen LogP contribution in [0, 0.1) is 5.41 Å². The molecule has 1 aliphatic heterocycles. The van der Waals surface area contributed by atoms with Gasteiger partial charge in [-0.3, -0.25) is 20.4 Å². The minimum Gasteiger partial charge on any atom is -0.493 e. The van der Waals surface area contributed by atoms with Gasteiger partial charge in [-0.1, -0.05) is 36.4 Å². The summed E-state index contributed by atoms with van der Waals surface area (Å²) in [6, 6.07) is 15.6. The maximum absolute atomic E-state index is 12.1. The largest absolute Gasteiger partial charge is 0.493 e. The summed E-state index contributed by atoms with van der Waals surface area (Å²) in [7, 11) is 7.65. The lowest BCUT2D eigenvalue weighted by atomic mass is 9.99. The van der Waals surface area contributed by atoms with Gasteiger partial charge >= 0.3 is 0 Å². The lowest BCUT2D eigenvalue weighted by Crippen LogP contribution is -2.41. The van der Waals surface area contributed by atoms with Crippen LogP contribution in [0.2, 0.25) is 0 Å². The number of nitrogens with zero attached hydrogens (tertiary/aromatic N) is 2. The molecular weight excluding hydrogens is 466 g/mol. The van der Waals surface area contributed by atoms with Crippen molar-refractivity contribution in [2.24, 2.45) is 0 Å². The molecule has 0 atom stereocenters. The van der Waals surface area contributed by atoms with E-state index in [1.54, 1.807) is 14.2 Å². The van der Waals surface area contributed by atoms with E-state index in [0.717, 1.165) is 48.5 Å². The number of nitrogens with one attached hydrogen (secondary N) is 3. The second-order valence-electron chi connectivity index (χ2n) is 9.87. The fourth-order valence-corrected chi connectivity index (χ4v) is 4.63. The van der Waals surface area contributed by atoms with Crippen molar-refractivity contribution in [1.29, 1.82) is 5.41 Å². The average molecular weight is 510 g/mol. The molecule has 0 aliphatic carbocycles. The second kappa shape index (κ2) is 14.7. The Morgan fingerprint density at radius 1 is 1.08 bits per heavy atom. The van der Waals surface area contributed by atoms with Crippen LogP contribution in [0.1, 0.15) is 36.8 Å². The zero-order valence-corrected chi connectivity index (χ0v) is 22.8. The normalized spacial score (nSPS) is 14.5. The highest BCUT2D eigenvalue weighted by Gasteiger charge is 2.20. The van der Waals surface area contributed by atoms with Gasteiger partial charge in [-0.05, 0) is 69.2 Å². The van der Waals surface area contributed by atoms with Crippen molar-refractivity contribution in [3.63, 3.8) is 0 Å². The molecule has 3 rings (SSSR count). The quantitative estimate of drug-likeness (QED) is 0.231. The number of benzene rings is 2. The monoisotopic (exact) mass is 509 g/mol. The van der Waals surface area contributed by atoms with Crippen LogP contribution in [0.4, 0.5) is 0 Å². The molecule has 1 saturated heterocycles. The summed E-state index contributed by atoms with van der Waals surface area (Å²) in [6.07, 6.45) is 4.12. The van der Waals surface area contributed by atoms with Crippen LogP contribution >= 0.6 is 0 Å². The van der Waals surface area contributed by atoms with E-state index >= 15 is 0 Å². The van der Waals surface area contributed by atoms with E-state index in [1.165, 1.54) is 18.4 Å². The van der Waals surface area contributed by atoms with Gasteiger partial charge in [0.15, 0.2) is 5.96 Å². The van der Waals surface area contributed by atoms with Gasteiger partial charge in [0.25, 0.3) is 0 Å². The van der Waals surface area contributed by atoms with E-state index in [4.69, 9.17) is 14.9 Å². The summed E-state index contributed by atoms with van der Waals surface area (Å²) >= 11 is 0. The molecule has 0 aromatic heterocycles. The average Bonchev–Trinajstić information content (AvgIpc) is 2.91. The molecule has 8 nitrogen and oxygen atoms in total. The molecule has 0 bridgehead atoms. The predicted octanol–water partition coefficient (Wildman–Crippen LogP) is 3.50. The van der Waals surface area contributed by atoms with E-state index in [1.807, 2.05) is 6.07 Å². The van der Waals surface area contributed by atoms with Crippen molar-refractivity contribution in [3.05, 3.63) is 53.6 Å². The third kappa shape index (κ3) is 9.14. The topological polar surface area (TPSA) is 89.9 Å². The Hall–Kier alpha value is -2.94. The molecule has 0 saturated carbocycles. The molecule has 37 heavy (non-hydrogen) atoms. The van der Waals surface area contributed by atoms with Crippen molar-refractivity contribution < 1.29 is 14.3 Å². The number of ether oxygens (including phenoxy) is 2. The number of guanidine groups is 1. The molecule has 1 fully saturated rings. The number of piperidine rings is 1. The molecule has 1 amide bonds. The van der Waals surface area contributed by atoms with Crippen molar-refractivity contribution >= 4 is 11.9 Å². The first-order chi connectivity index (χ1) is 17.9. The SMILES string of the molecule is CNC(=N)NC(=O)CCc1ccc(-c2ccc(CN3CCC(N(C)C)CC3)cc2)c(OCCCOC)c1. The minimum atomic E-state index is -0.187. The van der Waals surface area contributed by atoms with Crippen LogP contribution in [0.3, 0.4) is 0 Å². The molecule has 8 heteroatoms. The molecule has 0 radical (unpaired) electrons. The van der Waals surface area contributed by atoms with E-state index in [0.29, 0.717) is 32.1 Å². The van der Waals surface area contributed by atoms with Gasteiger partial charge in [0, 0.05) is 51.8 Å². The lowest BCUT2D eigenvalue weighted by Gasteiger charge is -2.35. The number of carbonyl (C=O) groups excluding carboxylic acids is 1. The Bertz CT molecular complexity index is 1000. The van der Waals surface area contributed by atoms with Gasteiger partial charge in [-0.15, -0.1) is 0 Å². The number of aryl methyl sites for hydroxylation is 1. The summed E-state index contributed by atoms with van der Waals surface area (Å²) < 4.78 is 11.3. The zero-order valence-electron chi connectivity index (χ0n) is 22.8. The maximum Gasteiger partial charge on any atom is 0.226 e. The zero-order chi connectivity index (χ0) is 26.6. The van der Waals surface area contributed by atoms with Crippen LogP contribution in [-0.2, 0) is 22.5 Å². The summed E-state index contributed by atoms with van der Waals surface area (Å²) in [6.45, 7) is 4.46. The Morgan fingerprint density at radius 3 is 2.43 bits per heavy atom. The summed E-state index contributed by atoms with van der Waals surface area (Å²) in [5.74, 6) is 0.631. The number of carbonyl (C=O) groups is 1. The number of hydrogen-bond acceptors (Lipinski definition) is 6. The summed E-state index contributed by atoms with van der Waals surface area (Å²) in [5.41, 5.74) is 4.50.